The van der Waals surface area contributed by atoms with Crippen molar-refractivity contribution >= 4 is 0 Å². The summed E-state index contributed by atoms with van der Waals surface area (Å²) in [5.41, 5.74) is 8.84. The van der Waals surface area contributed by atoms with E-state index in [4.69, 9.17) is 5.84 Å². The van der Waals surface area contributed by atoms with Gasteiger partial charge >= 0.3 is 0 Å². The Morgan fingerprint density at radius 2 is 1.55 bits per heavy atom. The van der Waals surface area contributed by atoms with Crippen LogP contribution in [0.3, 0.4) is 0 Å². The average molecular weight is 272 g/mol. The van der Waals surface area contributed by atoms with Gasteiger partial charge in [-0.25, -0.2) is 9.82 Å². The highest BCUT2D eigenvalue weighted by atomic mass is 19.1. The molecule has 0 aliphatic rings. The molecular formula is C17H21FN2. The van der Waals surface area contributed by atoms with Crippen molar-refractivity contribution < 1.29 is 4.39 Å². The Morgan fingerprint density at radius 3 is 2.10 bits per heavy atom. The largest absolute Gasteiger partial charge is 0.271 e. The summed E-state index contributed by atoms with van der Waals surface area (Å²) in [6.07, 6.45) is 0. The normalized spacial score (nSPS) is 12.5. The third-order valence-corrected chi connectivity index (χ3v) is 3.66. The van der Waals surface area contributed by atoms with Crippen LogP contribution in [0.2, 0.25) is 0 Å². The van der Waals surface area contributed by atoms with Gasteiger partial charge in [-0.05, 0) is 50.5 Å². The Kier molecular flexibility index (Phi) is 4.21. The maximum absolute atomic E-state index is 14.1. The fraction of sp³-hybridized carbons (Fsp3) is 0.294. The Bertz CT molecular complexity index is 612. The van der Waals surface area contributed by atoms with E-state index < -0.39 is 0 Å². The van der Waals surface area contributed by atoms with Gasteiger partial charge in [-0.3, -0.25) is 5.84 Å². The number of hydrazine groups is 1. The molecular weight excluding hydrogens is 251 g/mol. The van der Waals surface area contributed by atoms with Gasteiger partial charge in [0.2, 0.25) is 0 Å². The first-order chi connectivity index (χ1) is 9.43. The summed E-state index contributed by atoms with van der Waals surface area (Å²) in [6.45, 7) is 8.08. The van der Waals surface area contributed by atoms with Crippen LogP contribution >= 0.6 is 0 Å². The van der Waals surface area contributed by atoms with Gasteiger partial charge in [0.05, 0.1) is 6.04 Å². The van der Waals surface area contributed by atoms with Gasteiger partial charge in [0, 0.05) is 5.56 Å². The van der Waals surface area contributed by atoms with Crippen LogP contribution in [0.1, 0.15) is 39.4 Å². The molecule has 0 amide bonds. The number of hydrogen-bond acceptors (Lipinski definition) is 2. The topological polar surface area (TPSA) is 38.0 Å². The molecule has 2 nitrogen and oxygen atoms in total. The van der Waals surface area contributed by atoms with Crippen molar-refractivity contribution in [2.24, 2.45) is 5.84 Å². The van der Waals surface area contributed by atoms with E-state index in [1.165, 1.54) is 11.6 Å². The van der Waals surface area contributed by atoms with E-state index >= 15 is 0 Å². The summed E-state index contributed by atoms with van der Waals surface area (Å²) >= 11 is 0. The molecule has 0 heterocycles. The Hall–Kier alpha value is -1.71. The lowest BCUT2D eigenvalue weighted by Crippen LogP contribution is -2.30. The van der Waals surface area contributed by atoms with Gasteiger partial charge in [-0.2, -0.15) is 0 Å². The maximum atomic E-state index is 14.1. The lowest BCUT2D eigenvalue weighted by Gasteiger charge is -2.23. The molecule has 0 bridgehead atoms. The smallest absolute Gasteiger partial charge is 0.128 e. The molecule has 0 saturated carbocycles. The molecule has 2 aromatic carbocycles. The quantitative estimate of drug-likeness (QED) is 0.661. The van der Waals surface area contributed by atoms with Gasteiger partial charge in [0.25, 0.3) is 0 Å². The van der Waals surface area contributed by atoms with Gasteiger partial charge in [-0.15, -0.1) is 0 Å². The highest BCUT2D eigenvalue weighted by Gasteiger charge is 2.20. The zero-order valence-corrected chi connectivity index (χ0v) is 12.4. The SMILES string of the molecule is Cc1cc(C)c(C(NN)c2cc(C)ccc2F)c(C)c1. The van der Waals surface area contributed by atoms with E-state index in [1.54, 1.807) is 6.07 Å². The number of benzene rings is 2. The highest BCUT2D eigenvalue weighted by Crippen LogP contribution is 2.30. The molecule has 3 N–H and O–H groups in total. The molecule has 0 aromatic heterocycles. The van der Waals surface area contributed by atoms with Crippen LogP contribution in [0.4, 0.5) is 4.39 Å². The highest BCUT2D eigenvalue weighted by molar-refractivity contribution is 5.45. The number of hydrogen-bond donors (Lipinski definition) is 2. The van der Waals surface area contributed by atoms with Crippen molar-refractivity contribution in [1.82, 2.24) is 5.43 Å². The molecule has 3 heteroatoms. The summed E-state index contributed by atoms with van der Waals surface area (Å²) in [7, 11) is 0. The first kappa shape index (κ1) is 14.7. The molecule has 2 aromatic rings. The number of rotatable bonds is 3. The first-order valence-corrected chi connectivity index (χ1v) is 6.74. The average Bonchev–Trinajstić information content (AvgIpc) is 2.37. The van der Waals surface area contributed by atoms with Crippen molar-refractivity contribution in [3.8, 4) is 0 Å². The minimum atomic E-state index is -0.338. The molecule has 1 atom stereocenters. The summed E-state index contributed by atoms with van der Waals surface area (Å²) in [6, 6.07) is 8.96. The van der Waals surface area contributed by atoms with Crippen LogP contribution in [0.25, 0.3) is 0 Å². The van der Waals surface area contributed by atoms with Gasteiger partial charge in [0.1, 0.15) is 5.82 Å². The summed E-state index contributed by atoms with van der Waals surface area (Å²) in [5.74, 6) is 5.48. The van der Waals surface area contributed by atoms with Gasteiger partial charge in [0.15, 0.2) is 0 Å². The first-order valence-electron chi connectivity index (χ1n) is 6.74. The third-order valence-electron chi connectivity index (χ3n) is 3.66. The summed E-state index contributed by atoms with van der Waals surface area (Å²) in [5, 5.41) is 0. The van der Waals surface area contributed by atoms with Crippen LogP contribution in [-0.2, 0) is 0 Å². The van der Waals surface area contributed by atoms with Crippen molar-refractivity contribution in [3.63, 3.8) is 0 Å². The monoisotopic (exact) mass is 272 g/mol. The fourth-order valence-electron chi connectivity index (χ4n) is 2.86. The van der Waals surface area contributed by atoms with E-state index in [0.717, 1.165) is 22.3 Å². The van der Waals surface area contributed by atoms with Gasteiger partial charge < -0.3 is 0 Å². The van der Waals surface area contributed by atoms with E-state index in [1.807, 2.05) is 26.8 Å². The van der Waals surface area contributed by atoms with Crippen molar-refractivity contribution in [2.75, 3.05) is 0 Å². The van der Waals surface area contributed by atoms with Crippen molar-refractivity contribution in [1.29, 1.82) is 0 Å². The number of nitrogens with two attached hydrogens (primary N) is 1. The standard InChI is InChI=1S/C17H21FN2/c1-10-5-6-15(18)14(9-10)17(20-19)16-12(3)7-11(2)8-13(16)4/h5-9,17,20H,19H2,1-4H3. The second kappa shape index (κ2) is 5.73. The van der Waals surface area contributed by atoms with Gasteiger partial charge in [-0.1, -0.05) is 35.4 Å². The van der Waals surface area contributed by atoms with E-state index in [2.05, 4.69) is 24.5 Å². The van der Waals surface area contributed by atoms with Crippen LogP contribution < -0.4 is 11.3 Å². The second-order valence-corrected chi connectivity index (χ2v) is 5.44. The molecule has 0 fully saturated rings. The second-order valence-electron chi connectivity index (χ2n) is 5.44. The van der Waals surface area contributed by atoms with Crippen molar-refractivity contribution in [3.05, 3.63) is 69.5 Å². The van der Waals surface area contributed by atoms with Crippen LogP contribution in [-0.4, -0.2) is 0 Å². The predicted octanol–water partition coefficient (Wildman–Crippen LogP) is 3.61. The lowest BCUT2D eigenvalue weighted by molar-refractivity contribution is 0.557. The summed E-state index contributed by atoms with van der Waals surface area (Å²) in [4.78, 5) is 0. The summed E-state index contributed by atoms with van der Waals surface area (Å²) < 4.78 is 14.1. The van der Waals surface area contributed by atoms with Crippen LogP contribution in [0.5, 0.6) is 0 Å². The van der Waals surface area contributed by atoms with Crippen LogP contribution in [0.15, 0.2) is 30.3 Å². The minimum Gasteiger partial charge on any atom is -0.271 e. The zero-order valence-electron chi connectivity index (χ0n) is 12.4. The predicted molar refractivity (Wildman–Crippen MR) is 81.0 cm³/mol. The Labute approximate surface area is 119 Å². The molecule has 0 aliphatic carbocycles. The van der Waals surface area contributed by atoms with Crippen LogP contribution in [0, 0.1) is 33.5 Å². The maximum Gasteiger partial charge on any atom is 0.128 e. The fourth-order valence-corrected chi connectivity index (χ4v) is 2.86. The molecule has 0 spiro atoms. The van der Waals surface area contributed by atoms with Crippen molar-refractivity contribution in [2.45, 2.75) is 33.7 Å². The Balaban J connectivity index is 2.61. The minimum absolute atomic E-state index is 0.238. The van der Waals surface area contributed by atoms with E-state index in [0.29, 0.717) is 5.56 Å². The lowest BCUT2D eigenvalue weighted by atomic mass is 9.89. The number of nitrogens with one attached hydrogen (secondary N) is 1. The van der Waals surface area contributed by atoms with E-state index in [-0.39, 0.29) is 11.9 Å². The zero-order chi connectivity index (χ0) is 14.9. The van der Waals surface area contributed by atoms with E-state index in [9.17, 15) is 4.39 Å². The number of halogens is 1. The number of aryl methyl sites for hydroxylation is 4. The molecule has 2 rings (SSSR count). The molecule has 0 saturated heterocycles. The molecule has 20 heavy (non-hydrogen) atoms. The molecule has 106 valence electrons. The molecule has 1 unspecified atom stereocenters. The third kappa shape index (κ3) is 2.74. The molecule has 0 aliphatic heterocycles. The Morgan fingerprint density at radius 1 is 0.950 bits per heavy atom. The molecule has 0 radical (unpaired) electrons.